The molecule has 1 aromatic heterocycles. The van der Waals surface area contributed by atoms with Gasteiger partial charge < -0.3 is 18.8 Å². The van der Waals surface area contributed by atoms with Crippen LogP contribution in [0.2, 0.25) is 0 Å². The quantitative estimate of drug-likeness (QED) is 0.171. The molecule has 0 N–H and O–H groups in total. The Hall–Kier alpha value is -3.74. The predicted octanol–water partition coefficient (Wildman–Crippen LogP) is 9.25. The van der Waals surface area contributed by atoms with Crippen LogP contribution in [0.4, 0.5) is 4.39 Å². The number of carbonyl (C=O) groups excluding carboxylic acids is 1. The van der Waals surface area contributed by atoms with E-state index >= 15 is 0 Å². The Labute approximate surface area is 261 Å². The topological polar surface area (TPSA) is 49.7 Å². The Bertz CT molecular complexity index is 1540. The fourth-order valence-electron chi connectivity index (χ4n) is 6.25. The van der Waals surface area contributed by atoms with E-state index in [2.05, 4.69) is 36.6 Å². The molecule has 1 aliphatic heterocycles. The van der Waals surface area contributed by atoms with E-state index in [-0.39, 0.29) is 36.3 Å². The third kappa shape index (κ3) is 7.48. The van der Waals surface area contributed by atoms with E-state index in [1.165, 1.54) is 17.8 Å². The van der Waals surface area contributed by atoms with Gasteiger partial charge in [-0.3, -0.25) is 4.79 Å². The van der Waals surface area contributed by atoms with E-state index in [0.717, 1.165) is 34.4 Å². The lowest BCUT2D eigenvalue weighted by atomic mass is 9.98. The lowest BCUT2D eigenvalue weighted by Crippen LogP contribution is -2.46. The van der Waals surface area contributed by atoms with Crippen molar-refractivity contribution in [1.82, 2.24) is 4.57 Å². The van der Waals surface area contributed by atoms with Crippen LogP contribution in [0.1, 0.15) is 78.0 Å². The molecule has 0 spiro atoms. The maximum Gasteiger partial charge on any atom is 0.309 e. The van der Waals surface area contributed by atoms with Crippen molar-refractivity contribution in [3.63, 3.8) is 0 Å². The van der Waals surface area contributed by atoms with Gasteiger partial charge in [-0.2, -0.15) is 0 Å². The first-order valence-corrected chi connectivity index (χ1v) is 15.6. The number of aromatic nitrogens is 1. The molecule has 1 aliphatic rings. The molecule has 5 rings (SSSR count). The smallest absolute Gasteiger partial charge is 0.309 e. The molecule has 0 bridgehead atoms. The molecule has 5 nitrogen and oxygen atoms in total. The van der Waals surface area contributed by atoms with Gasteiger partial charge in [0, 0.05) is 24.2 Å². The number of nitrogens with zero attached hydrogens (tertiary/aromatic N) is 1. The zero-order valence-electron chi connectivity index (χ0n) is 26.7. The van der Waals surface area contributed by atoms with Gasteiger partial charge in [0.25, 0.3) is 0 Å². The van der Waals surface area contributed by atoms with Crippen molar-refractivity contribution in [2.75, 3.05) is 0 Å². The largest absolute Gasteiger partial charge is 0.455 e. The zero-order chi connectivity index (χ0) is 31.5. The van der Waals surface area contributed by atoms with Crippen molar-refractivity contribution in [1.29, 1.82) is 0 Å². The monoisotopic (exact) mass is 597 g/mol. The zero-order valence-corrected chi connectivity index (χ0v) is 26.7. The Morgan fingerprint density at radius 1 is 0.932 bits per heavy atom. The minimum Gasteiger partial charge on any atom is -0.455 e. The first kappa shape index (κ1) is 31.7. The molecule has 0 saturated carbocycles. The maximum absolute atomic E-state index is 14.0. The van der Waals surface area contributed by atoms with Gasteiger partial charge >= 0.3 is 5.97 Å². The van der Waals surface area contributed by atoms with Crippen LogP contribution in [0.3, 0.4) is 0 Å². The van der Waals surface area contributed by atoms with Gasteiger partial charge in [0.2, 0.25) is 0 Å². The second-order valence-electron chi connectivity index (χ2n) is 13.0. The number of halogens is 1. The number of hydrogen-bond donors (Lipinski definition) is 0. The van der Waals surface area contributed by atoms with Gasteiger partial charge in [-0.25, -0.2) is 4.39 Å². The molecular weight excluding hydrogens is 553 g/mol. The molecule has 44 heavy (non-hydrogen) atoms. The Kier molecular flexibility index (Phi) is 9.42. The minimum absolute atomic E-state index is 0.123. The van der Waals surface area contributed by atoms with Crippen LogP contribution in [0.15, 0.2) is 91.0 Å². The highest BCUT2D eigenvalue weighted by atomic mass is 19.1. The van der Waals surface area contributed by atoms with E-state index in [9.17, 15) is 9.18 Å². The number of hydrogen-bond acceptors (Lipinski definition) is 4. The van der Waals surface area contributed by atoms with E-state index in [4.69, 9.17) is 14.2 Å². The number of carbonyl (C=O) groups is 1. The molecule has 0 amide bonds. The van der Waals surface area contributed by atoms with Crippen LogP contribution >= 0.6 is 0 Å². The summed E-state index contributed by atoms with van der Waals surface area (Å²) in [6.45, 7) is 12.7. The van der Waals surface area contributed by atoms with Gasteiger partial charge in [0.1, 0.15) is 11.4 Å². The summed E-state index contributed by atoms with van der Waals surface area (Å²) >= 11 is 0. The van der Waals surface area contributed by atoms with Crippen LogP contribution in [0.25, 0.3) is 22.4 Å². The van der Waals surface area contributed by atoms with Gasteiger partial charge in [0.15, 0.2) is 5.79 Å². The first-order chi connectivity index (χ1) is 20.9. The lowest BCUT2D eigenvalue weighted by Gasteiger charge is -2.41. The third-order valence-corrected chi connectivity index (χ3v) is 8.26. The molecule has 232 valence electrons. The normalized spacial score (nSPS) is 18.4. The van der Waals surface area contributed by atoms with E-state index in [0.29, 0.717) is 13.0 Å². The van der Waals surface area contributed by atoms with Gasteiger partial charge in [0.05, 0.1) is 24.3 Å². The highest BCUT2D eigenvalue weighted by Gasteiger charge is 2.38. The summed E-state index contributed by atoms with van der Waals surface area (Å²) in [5.74, 6) is -1.12. The predicted molar refractivity (Wildman–Crippen MR) is 173 cm³/mol. The molecule has 6 heteroatoms. The van der Waals surface area contributed by atoms with Crippen molar-refractivity contribution in [2.24, 2.45) is 0 Å². The second-order valence-corrected chi connectivity index (χ2v) is 13.0. The number of rotatable bonds is 10. The number of ether oxygens (including phenoxy) is 3. The third-order valence-electron chi connectivity index (χ3n) is 8.26. The highest BCUT2D eigenvalue weighted by Crippen LogP contribution is 2.39. The van der Waals surface area contributed by atoms with Crippen molar-refractivity contribution in [3.8, 4) is 22.4 Å². The maximum atomic E-state index is 14.0. The fraction of sp³-hybridized carbons (Fsp3) is 0.395. The summed E-state index contributed by atoms with van der Waals surface area (Å²) in [4.78, 5) is 13.1. The van der Waals surface area contributed by atoms with Crippen molar-refractivity contribution in [2.45, 2.75) is 96.9 Å². The number of benzene rings is 3. The summed E-state index contributed by atoms with van der Waals surface area (Å²) < 4.78 is 34.9. The average molecular weight is 598 g/mol. The second kappa shape index (κ2) is 13.1. The molecule has 0 aliphatic carbocycles. The van der Waals surface area contributed by atoms with Crippen LogP contribution in [0.5, 0.6) is 0 Å². The SMILES string of the molecule is CC(C)c1cc(-c2ccccc2)c(-c2ccc(F)cc2)n1CC[C@@H]1C[C@H](CC(=O)OC(C)(C)c2ccccc2)OC(C)(C)O1. The molecule has 0 radical (unpaired) electrons. The average Bonchev–Trinajstić information content (AvgIpc) is 3.36. The molecule has 3 aromatic carbocycles. The molecule has 4 aromatic rings. The van der Waals surface area contributed by atoms with Crippen LogP contribution < -0.4 is 0 Å². The Morgan fingerprint density at radius 2 is 1.55 bits per heavy atom. The molecular formula is C38H44FNO4. The Morgan fingerprint density at radius 3 is 2.18 bits per heavy atom. The standard InChI is InChI=1S/C38H44FNO4/c1-26(2)34-25-33(27-13-9-7-10-14-27)36(28-17-19-30(39)20-18-28)40(34)22-21-31-23-32(43-38(5,6)42-31)24-35(41)44-37(3,4)29-15-11-8-12-16-29/h7-20,25-26,31-32H,21-24H2,1-6H3/t31-,32-/m1/s1. The van der Waals surface area contributed by atoms with Crippen LogP contribution in [-0.2, 0) is 31.2 Å². The molecule has 0 unspecified atom stereocenters. The van der Waals surface area contributed by atoms with Gasteiger partial charge in [-0.05, 0) is 87.1 Å². The summed E-state index contributed by atoms with van der Waals surface area (Å²) in [6.07, 6.45) is 1.01. The molecule has 1 fully saturated rings. The van der Waals surface area contributed by atoms with Crippen LogP contribution in [0, 0.1) is 5.82 Å². The number of esters is 1. The summed E-state index contributed by atoms with van der Waals surface area (Å²) in [6, 6.07) is 29.1. The van der Waals surface area contributed by atoms with E-state index in [1.54, 1.807) is 0 Å². The molecule has 1 saturated heterocycles. The molecule has 2 atom stereocenters. The van der Waals surface area contributed by atoms with E-state index < -0.39 is 11.4 Å². The fourth-order valence-corrected chi connectivity index (χ4v) is 6.25. The van der Waals surface area contributed by atoms with Gasteiger partial charge in [-0.1, -0.05) is 74.5 Å². The van der Waals surface area contributed by atoms with Crippen molar-refractivity contribution < 1.29 is 23.4 Å². The van der Waals surface area contributed by atoms with Crippen molar-refractivity contribution >= 4 is 5.97 Å². The summed E-state index contributed by atoms with van der Waals surface area (Å²) in [5, 5.41) is 0. The molecule has 2 heterocycles. The summed E-state index contributed by atoms with van der Waals surface area (Å²) in [5.41, 5.74) is 5.68. The van der Waals surface area contributed by atoms with Crippen LogP contribution in [-0.4, -0.2) is 28.5 Å². The van der Waals surface area contributed by atoms with E-state index in [1.807, 2.05) is 88.4 Å². The Balaban J connectivity index is 1.37. The lowest BCUT2D eigenvalue weighted by molar-refractivity contribution is -0.301. The minimum atomic E-state index is -0.838. The van der Waals surface area contributed by atoms with Crippen molar-refractivity contribution in [3.05, 3.63) is 108 Å². The first-order valence-electron chi connectivity index (χ1n) is 15.6. The highest BCUT2D eigenvalue weighted by molar-refractivity contribution is 5.83. The van der Waals surface area contributed by atoms with Gasteiger partial charge in [-0.15, -0.1) is 0 Å². The summed E-state index contributed by atoms with van der Waals surface area (Å²) in [7, 11) is 0.